The first-order valence-electron chi connectivity index (χ1n) is 9.37. The van der Waals surface area contributed by atoms with Gasteiger partial charge in [-0.1, -0.05) is 55.8 Å². The van der Waals surface area contributed by atoms with Crippen LogP contribution in [0.2, 0.25) is 5.02 Å². The minimum Gasteiger partial charge on any atom is -0.324 e. The summed E-state index contributed by atoms with van der Waals surface area (Å²) >= 11 is 5.85. The van der Waals surface area contributed by atoms with Crippen LogP contribution in [0.4, 0.5) is 11.4 Å². The molecular weight excluding hydrogens is 404 g/mol. The lowest BCUT2D eigenvalue weighted by molar-refractivity contribution is -0.119. The fourth-order valence-electron chi connectivity index (χ4n) is 2.64. The zero-order valence-corrected chi connectivity index (χ0v) is 17.3. The van der Waals surface area contributed by atoms with Crippen LogP contribution in [-0.2, 0) is 16.1 Å². The van der Waals surface area contributed by atoms with Crippen molar-refractivity contribution in [2.24, 2.45) is 5.92 Å². The summed E-state index contributed by atoms with van der Waals surface area (Å²) in [5.41, 5.74) is 1.28. The van der Waals surface area contributed by atoms with Crippen LogP contribution in [0, 0.1) is 5.92 Å². The highest BCUT2D eigenvalue weighted by Crippen LogP contribution is 2.18. The Balaban J connectivity index is 1.93. The molecule has 2 amide bonds. The number of nitrogens with zero attached hydrogens (tertiary/aromatic N) is 2. The Hall–Kier alpha value is -3.45. The summed E-state index contributed by atoms with van der Waals surface area (Å²) in [5.74, 6) is -1.04. The highest BCUT2D eigenvalue weighted by atomic mass is 35.5. The second-order valence-corrected chi connectivity index (χ2v) is 7.41. The maximum atomic E-state index is 12.8. The first-order valence-corrected chi connectivity index (χ1v) is 9.75. The predicted molar refractivity (Wildman–Crippen MR) is 117 cm³/mol. The SMILES string of the molecule is CC(C)C(=O)Nc1cc(-c2ccccc2)nn(CC(=O)Nc2ccc(Cl)cc2)c1=O. The summed E-state index contributed by atoms with van der Waals surface area (Å²) in [7, 11) is 0. The van der Waals surface area contributed by atoms with Gasteiger partial charge in [0.05, 0.1) is 5.69 Å². The number of carbonyl (C=O) groups is 2. The molecule has 0 aliphatic rings. The first-order chi connectivity index (χ1) is 14.3. The number of rotatable bonds is 6. The molecule has 0 unspecified atom stereocenters. The van der Waals surface area contributed by atoms with Crippen molar-refractivity contribution in [1.82, 2.24) is 9.78 Å². The molecule has 3 aromatic rings. The summed E-state index contributed by atoms with van der Waals surface area (Å²) in [5, 5.41) is 10.2. The van der Waals surface area contributed by atoms with E-state index in [0.29, 0.717) is 16.4 Å². The molecule has 154 valence electrons. The number of benzene rings is 2. The van der Waals surface area contributed by atoms with E-state index >= 15 is 0 Å². The number of hydrogen-bond acceptors (Lipinski definition) is 4. The molecule has 0 spiro atoms. The van der Waals surface area contributed by atoms with E-state index in [0.717, 1.165) is 10.2 Å². The molecule has 3 rings (SSSR count). The van der Waals surface area contributed by atoms with Gasteiger partial charge < -0.3 is 10.6 Å². The Morgan fingerprint density at radius 2 is 1.70 bits per heavy atom. The van der Waals surface area contributed by atoms with Crippen molar-refractivity contribution in [3.8, 4) is 11.3 Å². The van der Waals surface area contributed by atoms with Gasteiger partial charge in [0.25, 0.3) is 5.56 Å². The van der Waals surface area contributed by atoms with Crippen molar-refractivity contribution in [2.75, 3.05) is 10.6 Å². The number of anilines is 2. The number of hydrogen-bond donors (Lipinski definition) is 2. The Morgan fingerprint density at radius 3 is 2.33 bits per heavy atom. The first kappa shape index (κ1) is 21.3. The topological polar surface area (TPSA) is 93.1 Å². The van der Waals surface area contributed by atoms with Gasteiger partial charge in [-0.15, -0.1) is 0 Å². The van der Waals surface area contributed by atoms with E-state index < -0.39 is 11.5 Å². The summed E-state index contributed by atoms with van der Waals surface area (Å²) in [4.78, 5) is 37.5. The van der Waals surface area contributed by atoms with Crippen molar-refractivity contribution >= 4 is 34.8 Å². The van der Waals surface area contributed by atoms with Gasteiger partial charge in [0.2, 0.25) is 11.8 Å². The largest absolute Gasteiger partial charge is 0.324 e. The van der Waals surface area contributed by atoms with Gasteiger partial charge in [-0.3, -0.25) is 14.4 Å². The monoisotopic (exact) mass is 424 g/mol. The van der Waals surface area contributed by atoms with Crippen molar-refractivity contribution < 1.29 is 9.59 Å². The third-order valence-electron chi connectivity index (χ3n) is 4.25. The van der Waals surface area contributed by atoms with Crippen LogP contribution in [0.5, 0.6) is 0 Å². The molecule has 0 radical (unpaired) electrons. The van der Waals surface area contributed by atoms with E-state index in [4.69, 9.17) is 11.6 Å². The third-order valence-corrected chi connectivity index (χ3v) is 4.50. The molecule has 0 aliphatic heterocycles. The number of aromatic nitrogens is 2. The Kier molecular flexibility index (Phi) is 6.64. The van der Waals surface area contributed by atoms with E-state index in [1.165, 1.54) is 6.07 Å². The van der Waals surface area contributed by atoms with E-state index in [9.17, 15) is 14.4 Å². The zero-order valence-electron chi connectivity index (χ0n) is 16.6. The Morgan fingerprint density at radius 1 is 1.03 bits per heavy atom. The molecule has 7 nitrogen and oxygen atoms in total. The van der Waals surface area contributed by atoms with Gasteiger partial charge in [0.1, 0.15) is 12.2 Å². The second kappa shape index (κ2) is 9.37. The molecular formula is C22H21ClN4O3. The number of carbonyl (C=O) groups excluding carboxylic acids is 2. The lowest BCUT2D eigenvalue weighted by Crippen LogP contribution is -2.33. The molecule has 2 N–H and O–H groups in total. The van der Waals surface area contributed by atoms with Crippen molar-refractivity contribution in [3.05, 3.63) is 76.0 Å². The minimum absolute atomic E-state index is 0.0712. The smallest absolute Gasteiger partial charge is 0.291 e. The van der Waals surface area contributed by atoms with Gasteiger partial charge in [0, 0.05) is 22.2 Å². The quantitative estimate of drug-likeness (QED) is 0.629. The minimum atomic E-state index is -0.560. The molecule has 0 bridgehead atoms. The van der Waals surface area contributed by atoms with Crippen molar-refractivity contribution in [2.45, 2.75) is 20.4 Å². The van der Waals surface area contributed by atoms with Gasteiger partial charge in [0.15, 0.2) is 0 Å². The molecule has 0 saturated carbocycles. The highest BCUT2D eigenvalue weighted by molar-refractivity contribution is 6.30. The van der Waals surface area contributed by atoms with E-state index in [1.807, 2.05) is 30.3 Å². The molecule has 30 heavy (non-hydrogen) atoms. The van der Waals surface area contributed by atoms with Crippen LogP contribution >= 0.6 is 11.6 Å². The predicted octanol–water partition coefficient (Wildman–Crippen LogP) is 3.80. The van der Waals surface area contributed by atoms with Crippen LogP contribution in [0.1, 0.15) is 13.8 Å². The highest BCUT2D eigenvalue weighted by Gasteiger charge is 2.16. The molecule has 0 aliphatic carbocycles. The molecule has 0 fully saturated rings. The van der Waals surface area contributed by atoms with Gasteiger partial charge in [-0.2, -0.15) is 5.10 Å². The Bertz CT molecular complexity index is 1110. The lowest BCUT2D eigenvalue weighted by atomic mass is 10.1. The summed E-state index contributed by atoms with van der Waals surface area (Å²) in [6, 6.07) is 17.3. The summed E-state index contributed by atoms with van der Waals surface area (Å²) in [6.07, 6.45) is 0. The average molecular weight is 425 g/mol. The van der Waals surface area contributed by atoms with E-state index in [2.05, 4.69) is 15.7 Å². The molecule has 0 atom stereocenters. The van der Waals surface area contributed by atoms with E-state index in [1.54, 1.807) is 38.1 Å². The Labute approximate surface area is 178 Å². The fraction of sp³-hybridized carbons (Fsp3) is 0.182. The fourth-order valence-corrected chi connectivity index (χ4v) is 2.76. The molecule has 2 aromatic carbocycles. The normalized spacial score (nSPS) is 10.7. The van der Waals surface area contributed by atoms with Crippen LogP contribution in [-0.4, -0.2) is 21.6 Å². The van der Waals surface area contributed by atoms with Crippen molar-refractivity contribution in [1.29, 1.82) is 0 Å². The average Bonchev–Trinajstić information content (AvgIpc) is 2.73. The van der Waals surface area contributed by atoms with Crippen molar-refractivity contribution in [3.63, 3.8) is 0 Å². The van der Waals surface area contributed by atoms with Crippen LogP contribution < -0.4 is 16.2 Å². The summed E-state index contributed by atoms with van der Waals surface area (Å²) in [6.45, 7) is 3.14. The lowest BCUT2D eigenvalue weighted by Gasteiger charge is -2.13. The molecule has 0 saturated heterocycles. The molecule has 8 heteroatoms. The zero-order chi connectivity index (χ0) is 21.7. The van der Waals surface area contributed by atoms with Crippen LogP contribution in [0.3, 0.4) is 0 Å². The number of nitrogens with one attached hydrogen (secondary N) is 2. The maximum absolute atomic E-state index is 12.8. The third kappa shape index (κ3) is 5.33. The molecule has 1 heterocycles. The van der Waals surface area contributed by atoms with Crippen LogP contribution in [0.25, 0.3) is 11.3 Å². The standard InChI is InChI=1S/C22H21ClN4O3/c1-14(2)21(29)25-19-12-18(15-6-4-3-5-7-15)26-27(22(19)30)13-20(28)24-17-10-8-16(23)9-11-17/h3-12,14H,13H2,1-2H3,(H,24,28)(H,25,29). The number of amides is 2. The number of halogens is 1. The maximum Gasteiger partial charge on any atom is 0.291 e. The van der Waals surface area contributed by atoms with Crippen LogP contribution in [0.15, 0.2) is 65.5 Å². The summed E-state index contributed by atoms with van der Waals surface area (Å²) < 4.78 is 1.05. The van der Waals surface area contributed by atoms with Gasteiger partial charge >= 0.3 is 0 Å². The molecule has 1 aromatic heterocycles. The van der Waals surface area contributed by atoms with Gasteiger partial charge in [-0.05, 0) is 30.3 Å². The van der Waals surface area contributed by atoms with E-state index in [-0.39, 0.29) is 24.1 Å². The second-order valence-electron chi connectivity index (χ2n) is 6.97. The van der Waals surface area contributed by atoms with Gasteiger partial charge in [-0.25, -0.2) is 4.68 Å².